The zero-order chi connectivity index (χ0) is 13.7. The molecule has 19 heavy (non-hydrogen) atoms. The molecule has 2 rings (SSSR count). The monoisotopic (exact) mass is 279 g/mol. The Morgan fingerprint density at radius 1 is 1.32 bits per heavy atom. The summed E-state index contributed by atoms with van der Waals surface area (Å²) < 4.78 is 1.63. The quantitative estimate of drug-likeness (QED) is 0.803. The average Bonchev–Trinajstić information content (AvgIpc) is 2.82. The Bertz CT molecular complexity index is 540. The summed E-state index contributed by atoms with van der Waals surface area (Å²) in [6.07, 6.45) is 3.49. The molecule has 0 aliphatic carbocycles. The van der Waals surface area contributed by atoms with E-state index in [1.807, 2.05) is 7.05 Å². The largest absolute Gasteiger partial charge is 0.370 e. The lowest BCUT2D eigenvalue weighted by Gasteiger charge is -2.11. The first-order valence-electron chi connectivity index (χ1n) is 6.24. The number of hydrogen-bond donors (Lipinski definition) is 1. The molecule has 7 nitrogen and oxygen atoms in total. The van der Waals surface area contributed by atoms with Crippen LogP contribution in [0.2, 0.25) is 0 Å². The average molecular weight is 279 g/mol. The second-order valence-corrected chi connectivity index (χ2v) is 4.93. The lowest BCUT2D eigenvalue weighted by Crippen LogP contribution is -2.07. The van der Waals surface area contributed by atoms with Crippen molar-refractivity contribution in [2.45, 2.75) is 36.9 Å². The fourth-order valence-corrected chi connectivity index (χ4v) is 2.48. The van der Waals surface area contributed by atoms with Crippen LogP contribution in [-0.2, 0) is 13.5 Å². The van der Waals surface area contributed by atoms with Crippen molar-refractivity contribution in [1.82, 2.24) is 30.2 Å². The molecule has 0 fully saturated rings. The maximum Gasteiger partial charge on any atom is 0.215 e. The number of nitrogens with one attached hydrogen (secondary N) is 1. The Kier molecular flexibility index (Phi) is 4.67. The van der Waals surface area contributed by atoms with Crippen molar-refractivity contribution in [3.63, 3.8) is 0 Å². The van der Waals surface area contributed by atoms with Gasteiger partial charge in [-0.15, -0.1) is 5.10 Å². The van der Waals surface area contributed by atoms with Gasteiger partial charge in [-0.2, -0.15) is 0 Å². The summed E-state index contributed by atoms with van der Waals surface area (Å²) in [6.45, 7) is 5.12. The van der Waals surface area contributed by atoms with Crippen molar-refractivity contribution in [2.24, 2.45) is 7.05 Å². The summed E-state index contributed by atoms with van der Waals surface area (Å²) in [7, 11) is 1.81. The SMILES string of the molecule is CCCNc1ncnc(Sc2nnnn2C)c1CC. The molecule has 0 aromatic carbocycles. The van der Waals surface area contributed by atoms with Gasteiger partial charge < -0.3 is 5.32 Å². The molecule has 0 atom stereocenters. The van der Waals surface area contributed by atoms with Crippen LogP contribution in [-0.4, -0.2) is 36.7 Å². The number of hydrogen-bond acceptors (Lipinski definition) is 7. The van der Waals surface area contributed by atoms with E-state index in [0.29, 0.717) is 0 Å². The molecule has 0 saturated carbocycles. The first-order valence-corrected chi connectivity index (χ1v) is 7.05. The Morgan fingerprint density at radius 2 is 2.16 bits per heavy atom. The van der Waals surface area contributed by atoms with Gasteiger partial charge in [0.1, 0.15) is 17.2 Å². The van der Waals surface area contributed by atoms with E-state index in [9.17, 15) is 0 Å². The minimum absolute atomic E-state index is 0.717. The molecule has 0 unspecified atom stereocenters. The van der Waals surface area contributed by atoms with E-state index in [1.54, 1.807) is 11.0 Å². The van der Waals surface area contributed by atoms with Gasteiger partial charge in [0.05, 0.1) is 0 Å². The summed E-state index contributed by atoms with van der Waals surface area (Å²) in [5.74, 6) is 0.900. The van der Waals surface area contributed by atoms with Crippen molar-refractivity contribution in [3.05, 3.63) is 11.9 Å². The normalized spacial score (nSPS) is 10.7. The lowest BCUT2D eigenvalue weighted by atomic mass is 10.2. The van der Waals surface area contributed by atoms with Crippen LogP contribution in [0.4, 0.5) is 5.82 Å². The van der Waals surface area contributed by atoms with E-state index in [1.165, 1.54) is 11.8 Å². The lowest BCUT2D eigenvalue weighted by molar-refractivity contribution is 0.664. The van der Waals surface area contributed by atoms with Crippen LogP contribution in [0.3, 0.4) is 0 Å². The summed E-state index contributed by atoms with van der Waals surface area (Å²) in [4.78, 5) is 8.64. The van der Waals surface area contributed by atoms with E-state index in [4.69, 9.17) is 0 Å². The summed E-state index contributed by atoms with van der Waals surface area (Å²) in [6, 6.07) is 0. The first-order chi connectivity index (χ1) is 9.26. The Labute approximate surface area is 116 Å². The van der Waals surface area contributed by atoms with E-state index in [0.717, 1.165) is 41.0 Å². The van der Waals surface area contributed by atoms with Crippen molar-refractivity contribution < 1.29 is 0 Å². The second kappa shape index (κ2) is 6.46. The highest BCUT2D eigenvalue weighted by molar-refractivity contribution is 7.99. The van der Waals surface area contributed by atoms with E-state index in [-0.39, 0.29) is 0 Å². The molecule has 0 spiro atoms. The number of nitrogens with zero attached hydrogens (tertiary/aromatic N) is 6. The zero-order valence-electron chi connectivity index (χ0n) is 11.3. The molecule has 0 bridgehead atoms. The van der Waals surface area contributed by atoms with Gasteiger partial charge >= 0.3 is 0 Å². The van der Waals surface area contributed by atoms with Crippen molar-refractivity contribution in [3.8, 4) is 0 Å². The van der Waals surface area contributed by atoms with Crippen molar-refractivity contribution in [1.29, 1.82) is 0 Å². The van der Waals surface area contributed by atoms with Gasteiger partial charge in [0.2, 0.25) is 5.16 Å². The van der Waals surface area contributed by atoms with Crippen LogP contribution < -0.4 is 5.32 Å². The maximum absolute atomic E-state index is 4.34. The van der Waals surface area contributed by atoms with Crippen LogP contribution in [0, 0.1) is 0 Å². The van der Waals surface area contributed by atoms with Crippen molar-refractivity contribution >= 4 is 17.6 Å². The summed E-state index contributed by atoms with van der Waals surface area (Å²) >= 11 is 1.46. The molecule has 2 aromatic rings. The number of rotatable bonds is 6. The minimum atomic E-state index is 0.717. The standard InChI is InChI=1S/C11H17N7S/c1-4-6-12-9-8(5-2)10(14-7-13-9)19-11-15-16-17-18(11)3/h7H,4-6H2,1-3H3,(H,12,13,14). The van der Waals surface area contributed by atoms with Gasteiger partial charge in [-0.3, -0.25) is 0 Å². The molecule has 1 N–H and O–H groups in total. The number of tetrazole rings is 1. The van der Waals surface area contributed by atoms with Crippen LogP contribution in [0.15, 0.2) is 16.5 Å². The highest BCUT2D eigenvalue weighted by Crippen LogP contribution is 2.29. The Balaban J connectivity index is 2.27. The fourth-order valence-electron chi connectivity index (χ4n) is 1.59. The molecule has 0 saturated heterocycles. The van der Waals surface area contributed by atoms with Crippen LogP contribution in [0.25, 0.3) is 0 Å². The van der Waals surface area contributed by atoms with Gasteiger partial charge in [-0.05, 0) is 35.0 Å². The molecule has 102 valence electrons. The van der Waals surface area contributed by atoms with Gasteiger partial charge in [-0.1, -0.05) is 13.8 Å². The first kappa shape index (κ1) is 13.7. The highest BCUT2D eigenvalue weighted by Gasteiger charge is 2.13. The fraction of sp³-hybridized carbons (Fsp3) is 0.545. The third-order valence-corrected chi connectivity index (χ3v) is 3.64. The van der Waals surface area contributed by atoms with E-state index < -0.39 is 0 Å². The molecule has 0 amide bonds. The number of anilines is 1. The minimum Gasteiger partial charge on any atom is -0.370 e. The second-order valence-electron chi connectivity index (χ2n) is 3.97. The molecular weight excluding hydrogens is 262 g/mol. The predicted molar refractivity (Wildman–Crippen MR) is 73.1 cm³/mol. The van der Waals surface area contributed by atoms with Gasteiger partial charge in [0, 0.05) is 19.2 Å². The third kappa shape index (κ3) is 3.19. The van der Waals surface area contributed by atoms with Gasteiger partial charge in [-0.25, -0.2) is 14.6 Å². The molecular formula is C11H17N7S. The van der Waals surface area contributed by atoms with E-state index in [2.05, 4.69) is 44.7 Å². The van der Waals surface area contributed by atoms with E-state index >= 15 is 0 Å². The number of aryl methyl sites for hydroxylation is 1. The third-order valence-electron chi connectivity index (χ3n) is 2.57. The summed E-state index contributed by atoms with van der Waals surface area (Å²) in [5.41, 5.74) is 1.10. The predicted octanol–water partition coefficient (Wildman–Crippen LogP) is 1.54. The Morgan fingerprint density at radius 3 is 2.79 bits per heavy atom. The van der Waals surface area contributed by atoms with Gasteiger partial charge in [0.15, 0.2) is 0 Å². The molecule has 2 aromatic heterocycles. The number of aromatic nitrogens is 6. The van der Waals surface area contributed by atoms with Gasteiger partial charge in [0.25, 0.3) is 0 Å². The molecule has 0 aliphatic heterocycles. The van der Waals surface area contributed by atoms with Crippen LogP contribution in [0.1, 0.15) is 25.8 Å². The zero-order valence-corrected chi connectivity index (χ0v) is 12.1. The van der Waals surface area contributed by atoms with Crippen LogP contribution >= 0.6 is 11.8 Å². The Hall–Kier alpha value is -1.70. The molecule has 0 aliphatic rings. The summed E-state index contributed by atoms with van der Waals surface area (Å²) in [5, 5.41) is 16.3. The topological polar surface area (TPSA) is 81.4 Å². The smallest absolute Gasteiger partial charge is 0.215 e. The highest BCUT2D eigenvalue weighted by atomic mass is 32.2. The molecule has 8 heteroatoms. The molecule has 2 heterocycles. The maximum atomic E-state index is 4.34. The van der Waals surface area contributed by atoms with Crippen molar-refractivity contribution in [2.75, 3.05) is 11.9 Å². The molecule has 0 radical (unpaired) electrons. The van der Waals surface area contributed by atoms with Crippen LogP contribution in [0.5, 0.6) is 0 Å².